The van der Waals surface area contributed by atoms with E-state index >= 15 is 0 Å². The minimum Gasteiger partial charge on any atom is -0.493 e. The zero-order chi connectivity index (χ0) is 15.8. The fourth-order valence-electron chi connectivity index (χ4n) is 2.33. The summed E-state index contributed by atoms with van der Waals surface area (Å²) in [5.41, 5.74) is -1.77. The summed E-state index contributed by atoms with van der Waals surface area (Å²) in [7, 11) is 2.84. The lowest BCUT2D eigenvalue weighted by atomic mass is 9.88. The Balaban J connectivity index is 2.60. The van der Waals surface area contributed by atoms with E-state index in [1.54, 1.807) is 0 Å². The summed E-state index contributed by atoms with van der Waals surface area (Å²) >= 11 is 0. The van der Waals surface area contributed by atoms with Gasteiger partial charge in [-0.1, -0.05) is 6.92 Å². The lowest BCUT2D eigenvalue weighted by Crippen LogP contribution is -2.44. The van der Waals surface area contributed by atoms with Crippen LogP contribution < -0.4 is 9.47 Å². The zero-order valence-electron chi connectivity index (χ0n) is 11.9. The Morgan fingerprint density at radius 1 is 1.33 bits per heavy atom. The van der Waals surface area contributed by atoms with Crippen LogP contribution in [-0.4, -0.2) is 42.0 Å². The van der Waals surface area contributed by atoms with Crippen LogP contribution in [0.5, 0.6) is 11.5 Å². The molecule has 114 valence electrons. The second-order valence-electron chi connectivity index (χ2n) is 4.66. The van der Waals surface area contributed by atoms with E-state index in [0.717, 1.165) is 0 Å². The first-order valence-corrected chi connectivity index (χ1v) is 6.31. The molecule has 1 aliphatic rings. The van der Waals surface area contributed by atoms with Gasteiger partial charge in [0.25, 0.3) is 0 Å². The van der Waals surface area contributed by atoms with Crippen LogP contribution in [0.15, 0.2) is 12.1 Å². The van der Waals surface area contributed by atoms with Crippen LogP contribution in [0.3, 0.4) is 0 Å². The number of aliphatic hydroxyl groups is 1. The van der Waals surface area contributed by atoms with Crippen molar-refractivity contribution in [1.29, 1.82) is 0 Å². The molecule has 2 rings (SSSR count). The van der Waals surface area contributed by atoms with Gasteiger partial charge in [-0.15, -0.1) is 0 Å². The van der Waals surface area contributed by atoms with E-state index in [4.69, 9.17) is 14.2 Å². The molecule has 0 aromatic heterocycles. The highest BCUT2D eigenvalue weighted by atomic mass is 16.6. The van der Waals surface area contributed by atoms with Gasteiger partial charge in [0.2, 0.25) is 5.60 Å². The summed E-state index contributed by atoms with van der Waals surface area (Å²) in [4.78, 5) is 23.2. The molecule has 0 fully saturated rings. The number of carboxylic acid groups (broad SMARTS) is 1. The number of carbonyl (C=O) groups is 2. The normalized spacial score (nSPS) is 19.4. The van der Waals surface area contributed by atoms with Gasteiger partial charge in [0.05, 0.1) is 19.8 Å². The molecule has 2 N–H and O–H groups in total. The predicted octanol–water partition coefficient (Wildman–Crippen LogP) is 1.14. The van der Waals surface area contributed by atoms with Gasteiger partial charge < -0.3 is 24.4 Å². The monoisotopic (exact) mass is 296 g/mol. The van der Waals surface area contributed by atoms with Crippen molar-refractivity contribution in [3.63, 3.8) is 0 Å². The van der Waals surface area contributed by atoms with E-state index in [0.29, 0.717) is 11.5 Å². The topological polar surface area (TPSA) is 102 Å². The first kappa shape index (κ1) is 15.1. The van der Waals surface area contributed by atoms with Gasteiger partial charge in [0.1, 0.15) is 0 Å². The number of methoxy groups -OCH3 is 2. The van der Waals surface area contributed by atoms with Gasteiger partial charge in [0.15, 0.2) is 17.6 Å². The third kappa shape index (κ3) is 2.19. The van der Waals surface area contributed by atoms with Gasteiger partial charge in [-0.3, -0.25) is 0 Å². The van der Waals surface area contributed by atoms with E-state index in [2.05, 4.69) is 0 Å². The predicted molar refractivity (Wildman–Crippen MR) is 70.6 cm³/mol. The zero-order valence-corrected chi connectivity index (χ0v) is 11.9. The molecule has 0 amide bonds. The number of fused-ring (bicyclic) bond motifs is 1. The SMILES string of the molecule is CCC(O)(C(=O)O)[C@@H]1OC(=O)c2cc(OC)c(OC)cc21. The molecule has 0 saturated heterocycles. The summed E-state index contributed by atoms with van der Waals surface area (Å²) in [6.07, 6.45) is -1.41. The second kappa shape index (κ2) is 5.25. The number of carboxylic acids is 1. The van der Waals surface area contributed by atoms with Crippen LogP contribution in [-0.2, 0) is 9.53 Å². The maximum Gasteiger partial charge on any atom is 0.340 e. The number of carbonyl (C=O) groups excluding carboxylic acids is 1. The fourth-order valence-corrected chi connectivity index (χ4v) is 2.33. The molecule has 0 radical (unpaired) electrons. The van der Waals surface area contributed by atoms with Crippen LogP contribution in [0.1, 0.15) is 35.4 Å². The number of cyclic esters (lactones) is 1. The van der Waals surface area contributed by atoms with Gasteiger partial charge in [0, 0.05) is 5.56 Å². The Morgan fingerprint density at radius 2 is 1.90 bits per heavy atom. The lowest BCUT2D eigenvalue weighted by Gasteiger charge is -2.27. The van der Waals surface area contributed by atoms with Crippen molar-refractivity contribution in [3.05, 3.63) is 23.3 Å². The highest BCUT2D eigenvalue weighted by Crippen LogP contribution is 2.44. The molecule has 1 heterocycles. The summed E-state index contributed by atoms with van der Waals surface area (Å²) in [5.74, 6) is -1.51. The fraction of sp³-hybridized carbons (Fsp3) is 0.429. The number of hydrogen-bond acceptors (Lipinski definition) is 6. The van der Waals surface area contributed by atoms with Gasteiger partial charge in [-0.25, -0.2) is 9.59 Å². The standard InChI is InChI=1S/C14H16O7/c1-4-14(18,13(16)17)11-7-5-9(19-2)10(20-3)6-8(7)12(15)21-11/h5-6,11,18H,4H2,1-3H3,(H,16,17)/t11-,14?/m1/s1. The molecule has 7 nitrogen and oxygen atoms in total. The van der Waals surface area contributed by atoms with Crippen molar-refractivity contribution in [1.82, 2.24) is 0 Å². The molecule has 0 saturated carbocycles. The number of esters is 1. The van der Waals surface area contributed by atoms with Crippen molar-refractivity contribution in [2.24, 2.45) is 0 Å². The van der Waals surface area contributed by atoms with Gasteiger partial charge in [-0.2, -0.15) is 0 Å². The van der Waals surface area contributed by atoms with Gasteiger partial charge in [-0.05, 0) is 18.6 Å². The van der Waals surface area contributed by atoms with Crippen molar-refractivity contribution in [2.45, 2.75) is 25.0 Å². The Kier molecular flexibility index (Phi) is 3.78. The third-order valence-corrected chi connectivity index (χ3v) is 3.63. The van der Waals surface area contributed by atoms with Gasteiger partial charge >= 0.3 is 11.9 Å². The summed E-state index contributed by atoms with van der Waals surface area (Å²) in [6.45, 7) is 1.50. The van der Waals surface area contributed by atoms with Crippen LogP contribution >= 0.6 is 0 Å². The molecular formula is C14H16O7. The summed E-state index contributed by atoms with van der Waals surface area (Å²) in [5, 5.41) is 19.5. The number of ether oxygens (including phenoxy) is 3. The first-order chi connectivity index (χ1) is 9.88. The minimum absolute atomic E-state index is 0.117. The van der Waals surface area contributed by atoms with E-state index in [1.165, 1.54) is 33.3 Å². The molecule has 0 bridgehead atoms. The van der Waals surface area contributed by atoms with Crippen molar-refractivity contribution in [2.75, 3.05) is 14.2 Å². The summed E-state index contributed by atoms with van der Waals surface area (Å²) < 4.78 is 15.3. The van der Waals surface area contributed by atoms with E-state index in [-0.39, 0.29) is 17.5 Å². The molecule has 1 aromatic rings. The van der Waals surface area contributed by atoms with Crippen LogP contribution in [0.2, 0.25) is 0 Å². The smallest absolute Gasteiger partial charge is 0.340 e. The number of aliphatic carboxylic acids is 1. The van der Waals surface area contributed by atoms with Crippen molar-refractivity contribution >= 4 is 11.9 Å². The second-order valence-corrected chi connectivity index (χ2v) is 4.66. The summed E-state index contributed by atoms with van der Waals surface area (Å²) in [6, 6.07) is 2.86. The molecule has 2 atom stereocenters. The van der Waals surface area contributed by atoms with E-state index in [1.807, 2.05) is 0 Å². The van der Waals surface area contributed by atoms with Crippen LogP contribution in [0, 0.1) is 0 Å². The Hall–Kier alpha value is -2.28. The maximum atomic E-state index is 11.9. The van der Waals surface area contributed by atoms with E-state index in [9.17, 15) is 19.8 Å². The molecule has 0 aliphatic carbocycles. The Bertz CT molecular complexity index is 595. The average molecular weight is 296 g/mol. The molecule has 1 aromatic carbocycles. The number of rotatable bonds is 5. The molecule has 0 spiro atoms. The molecule has 7 heteroatoms. The van der Waals surface area contributed by atoms with Crippen LogP contribution in [0.4, 0.5) is 0 Å². The van der Waals surface area contributed by atoms with Crippen molar-refractivity contribution in [3.8, 4) is 11.5 Å². The third-order valence-electron chi connectivity index (χ3n) is 3.63. The Labute approximate surface area is 121 Å². The quantitative estimate of drug-likeness (QED) is 0.785. The average Bonchev–Trinajstić information content (AvgIpc) is 2.81. The largest absolute Gasteiger partial charge is 0.493 e. The first-order valence-electron chi connectivity index (χ1n) is 6.31. The number of hydrogen-bond donors (Lipinski definition) is 2. The molecule has 1 aliphatic heterocycles. The van der Waals surface area contributed by atoms with E-state index < -0.39 is 23.6 Å². The minimum atomic E-state index is -2.19. The van der Waals surface area contributed by atoms with Crippen LogP contribution in [0.25, 0.3) is 0 Å². The highest BCUT2D eigenvalue weighted by molar-refractivity contribution is 5.96. The molecule has 1 unspecified atom stereocenters. The number of benzene rings is 1. The Morgan fingerprint density at radius 3 is 2.38 bits per heavy atom. The van der Waals surface area contributed by atoms with Crippen molar-refractivity contribution < 1.29 is 34.0 Å². The molecule has 21 heavy (non-hydrogen) atoms. The molecular weight excluding hydrogens is 280 g/mol. The maximum absolute atomic E-state index is 11.9. The highest BCUT2D eigenvalue weighted by Gasteiger charge is 2.51. The lowest BCUT2D eigenvalue weighted by molar-refractivity contribution is -0.172.